The zero-order valence-electron chi connectivity index (χ0n) is 12.6. The molecule has 0 aliphatic heterocycles. The maximum atomic E-state index is 12.3. The SMILES string of the molecule is Cc1csc(=O)n1CCC(=O)N(C)C1CCC(C)CC1. The number of thiazole rings is 1. The Kier molecular flexibility index (Phi) is 5.02. The molecule has 0 aromatic carbocycles. The van der Waals surface area contributed by atoms with Crippen molar-refractivity contribution in [1.82, 2.24) is 9.47 Å². The van der Waals surface area contributed by atoms with Gasteiger partial charge in [0.1, 0.15) is 0 Å². The van der Waals surface area contributed by atoms with E-state index in [-0.39, 0.29) is 10.8 Å². The molecule has 0 spiro atoms. The van der Waals surface area contributed by atoms with Crippen LogP contribution in [-0.4, -0.2) is 28.5 Å². The highest BCUT2D eigenvalue weighted by molar-refractivity contribution is 7.07. The van der Waals surface area contributed by atoms with Gasteiger partial charge in [-0.2, -0.15) is 0 Å². The Hall–Kier alpha value is -1.10. The fourth-order valence-electron chi connectivity index (χ4n) is 2.89. The lowest BCUT2D eigenvalue weighted by atomic mass is 9.86. The molecular weight excluding hydrogens is 272 g/mol. The fraction of sp³-hybridized carbons (Fsp3) is 0.733. The third kappa shape index (κ3) is 3.51. The Balaban J connectivity index is 1.87. The van der Waals surface area contributed by atoms with Crippen molar-refractivity contribution < 1.29 is 4.79 Å². The number of hydrogen-bond acceptors (Lipinski definition) is 3. The number of carbonyl (C=O) groups is 1. The molecule has 0 atom stereocenters. The largest absolute Gasteiger partial charge is 0.343 e. The van der Waals surface area contributed by atoms with Crippen molar-refractivity contribution in [1.29, 1.82) is 0 Å². The van der Waals surface area contributed by atoms with Crippen molar-refractivity contribution in [2.45, 2.75) is 58.5 Å². The first kappa shape index (κ1) is 15.3. The molecule has 0 bridgehead atoms. The summed E-state index contributed by atoms with van der Waals surface area (Å²) in [6.45, 7) is 4.69. The molecule has 0 unspecified atom stereocenters. The van der Waals surface area contributed by atoms with Gasteiger partial charge >= 0.3 is 4.87 Å². The first-order valence-electron chi connectivity index (χ1n) is 7.39. The van der Waals surface area contributed by atoms with Crippen LogP contribution in [0, 0.1) is 12.8 Å². The van der Waals surface area contributed by atoms with Crippen LogP contribution in [0.1, 0.15) is 44.7 Å². The molecule has 1 aliphatic rings. The van der Waals surface area contributed by atoms with Crippen LogP contribution in [0.2, 0.25) is 0 Å². The predicted molar refractivity (Wildman–Crippen MR) is 82.1 cm³/mol. The van der Waals surface area contributed by atoms with E-state index in [1.807, 2.05) is 24.3 Å². The number of carbonyl (C=O) groups excluding carboxylic acids is 1. The van der Waals surface area contributed by atoms with Gasteiger partial charge < -0.3 is 9.47 Å². The van der Waals surface area contributed by atoms with E-state index in [0.717, 1.165) is 24.5 Å². The molecule has 1 aromatic heterocycles. The molecule has 2 rings (SSSR count). The summed E-state index contributed by atoms with van der Waals surface area (Å²) in [5, 5.41) is 1.85. The molecule has 1 heterocycles. The van der Waals surface area contributed by atoms with Crippen molar-refractivity contribution in [3.63, 3.8) is 0 Å². The number of amides is 1. The number of hydrogen-bond donors (Lipinski definition) is 0. The van der Waals surface area contributed by atoms with Gasteiger partial charge in [0, 0.05) is 37.1 Å². The second-order valence-electron chi connectivity index (χ2n) is 5.96. The van der Waals surface area contributed by atoms with Crippen LogP contribution in [0.25, 0.3) is 0 Å². The standard InChI is InChI=1S/C15H24N2O2S/c1-11-4-6-13(7-5-11)16(3)14(18)8-9-17-12(2)10-20-15(17)19/h10-11,13H,4-9H2,1-3H3. The van der Waals surface area contributed by atoms with Crippen LogP contribution in [0.5, 0.6) is 0 Å². The molecule has 5 heteroatoms. The third-order valence-corrected chi connectivity index (χ3v) is 5.33. The molecule has 0 saturated heterocycles. The van der Waals surface area contributed by atoms with Gasteiger partial charge in [0.25, 0.3) is 0 Å². The van der Waals surface area contributed by atoms with E-state index in [4.69, 9.17) is 0 Å². The van der Waals surface area contributed by atoms with Gasteiger partial charge in [-0.15, -0.1) is 0 Å². The van der Waals surface area contributed by atoms with E-state index < -0.39 is 0 Å². The second-order valence-corrected chi connectivity index (χ2v) is 6.78. The normalized spacial score (nSPS) is 22.8. The molecule has 1 aliphatic carbocycles. The van der Waals surface area contributed by atoms with Gasteiger partial charge in [0.05, 0.1) is 0 Å². The zero-order valence-corrected chi connectivity index (χ0v) is 13.4. The molecular formula is C15H24N2O2S. The average molecular weight is 296 g/mol. The maximum absolute atomic E-state index is 12.3. The molecule has 112 valence electrons. The second kappa shape index (κ2) is 6.57. The summed E-state index contributed by atoms with van der Waals surface area (Å²) in [5.41, 5.74) is 0.946. The van der Waals surface area contributed by atoms with Crippen LogP contribution in [0.4, 0.5) is 0 Å². The Labute approximate surface area is 124 Å². The molecule has 1 saturated carbocycles. The van der Waals surface area contributed by atoms with E-state index in [0.29, 0.717) is 19.0 Å². The summed E-state index contributed by atoms with van der Waals surface area (Å²) < 4.78 is 1.69. The fourth-order valence-corrected chi connectivity index (χ4v) is 3.65. The Morgan fingerprint density at radius 2 is 2.05 bits per heavy atom. The van der Waals surface area contributed by atoms with Crippen molar-refractivity contribution in [3.8, 4) is 0 Å². The van der Waals surface area contributed by atoms with E-state index in [1.165, 1.54) is 24.2 Å². The minimum atomic E-state index is 0.0319. The lowest BCUT2D eigenvalue weighted by molar-refractivity contribution is -0.132. The van der Waals surface area contributed by atoms with Crippen LogP contribution in [-0.2, 0) is 11.3 Å². The first-order chi connectivity index (χ1) is 9.49. The van der Waals surface area contributed by atoms with Gasteiger partial charge in [-0.3, -0.25) is 9.59 Å². The third-order valence-electron chi connectivity index (χ3n) is 4.45. The quantitative estimate of drug-likeness (QED) is 0.857. The minimum Gasteiger partial charge on any atom is -0.343 e. The highest BCUT2D eigenvalue weighted by Gasteiger charge is 2.24. The minimum absolute atomic E-state index is 0.0319. The van der Waals surface area contributed by atoms with Crippen LogP contribution >= 0.6 is 11.3 Å². The number of aryl methyl sites for hydroxylation is 1. The first-order valence-corrected chi connectivity index (χ1v) is 8.27. The van der Waals surface area contributed by atoms with Crippen molar-refractivity contribution in [2.75, 3.05) is 7.05 Å². The van der Waals surface area contributed by atoms with Crippen LogP contribution < -0.4 is 4.87 Å². The van der Waals surface area contributed by atoms with E-state index >= 15 is 0 Å². The molecule has 1 aromatic rings. The number of aromatic nitrogens is 1. The van der Waals surface area contributed by atoms with E-state index in [9.17, 15) is 9.59 Å². The number of rotatable bonds is 4. The monoisotopic (exact) mass is 296 g/mol. The molecule has 20 heavy (non-hydrogen) atoms. The molecule has 1 fully saturated rings. The highest BCUT2D eigenvalue weighted by Crippen LogP contribution is 2.26. The summed E-state index contributed by atoms with van der Waals surface area (Å²) in [7, 11) is 1.91. The van der Waals surface area contributed by atoms with Crippen LogP contribution in [0.3, 0.4) is 0 Å². The zero-order chi connectivity index (χ0) is 14.7. The average Bonchev–Trinajstić information content (AvgIpc) is 2.75. The molecule has 4 nitrogen and oxygen atoms in total. The molecule has 0 N–H and O–H groups in total. The summed E-state index contributed by atoms with van der Waals surface area (Å²) in [6, 6.07) is 0.388. The topological polar surface area (TPSA) is 42.3 Å². The maximum Gasteiger partial charge on any atom is 0.307 e. The Bertz CT molecular complexity index is 512. The summed E-state index contributed by atoms with van der Waals surface area (Å²) in [6.07, 6.45) is 5.07. The summed E-state index contributed by atoms with van der Waals surface area (Å²) in [4.78, 5) is 25.8. The lowest BCUT2D eigenvalue weighted by Crippen LogP contribution is -2.39. The van der Waals surface area contributed by atoms with Crippen molar-refractivity contribution in [2.24, 2.45) is 5.92 Å². The van der Waals surface area contributed by atoms with Crippen LogP contribution in [0.15, 0.2) is 10.2 Å². The molecule has 1 amide bonds. The van der Waals surface area contributed by atoms with E-state index in [2.05, 4.69) is 6.92 Å². The van der Waals surface area contributed by atoms with Gasteiger partial charge in [0.15, 0.2) is 0 Å². The number of nitrogens with zero attached hydrogens (tertiary/aromatic N) is 2. The van der Waals surface area contributed by atoms with Gasteiger partial charge in [0.2, 0.25) is 5.91 Å². The highest BCUT2D eigenvalue weighted by atomic mass is 32.1. The van der Waals surface area contributed by atoms with Gasteiger partial charge in [-0.1, -0.05) is 18.3 Å². The van der Waals surface area contributed by atoms with Gasteiger partial charge in [-0.05, 0) is 38.5 Å². The summed E-state index contributed by atoms with van der Waals surface area (Å²) >= 11 is 1.20. The lowest BCUT2D eigenvalue weighted by Gasteiger charge is -2.33. The van der Waals surface area contributed by atoms with Crippen molar-refractivity contribution >= 4 is 17.2 Å². The summed E-state index contributed by atoms with van der Waals surface area (Å²) in [5.74, 6) is 0.948. The van der Waals surface area contributed by atoms with Crippen molar-refractivity contribution in [3.05, 3.63) is 20.7 Å². The molecule has 0 radical (unpaired) electrons. The smallest absolute Gasteiger partial charge is 0.307 e. The Morgan fingerprint density at radius 1 is 1.40 bits per heavy atom. The predicted octanol–water partition coefficient (Wildman–Crippen LogP) is 2.65. The van der Waals surface area contributed by atoms with E-state index in [1.54, 1.807) is 4.57 Å². The Morgan fingerprint density at radius 3 is 2.60 bits per heavy atom. The van der Waals surface area contributed by atoms with Gasteiger partial charge in [-0.25, -0.2) is 0 Å².